The van der Waals surface area contributed by atoms with Crippen molar-refractivity contribution >= 4 is 11.9 Å². The van der Waals surface area contributed by atoms with Crippen LogP contribution in [0.3, 0.4) is 0 Å². The molecule has 0 spiro atoms. The van der Waals surface area contributed by atoms with Crippen LogP contribution in [0.25, 0.3) is 0 Å². The Balaban J connectivity index is 2.04. The molecule has 0 fully saturated rings. The third-order valence-electron chi connectivity index (χ3n) is 4.73. The molecule has 0 saturated carbocycles. The largest absolute Gasteiger partial charge is 0.497 e. The fourth-order valence-corrected chi connectivity index (χ4v) is 3.29. The maximum absolute atomic E-state index is 13.0. The molecule has 1 atom stereocenters. The number of unbranched alkanes of at least 4 members (excludes halogenated alkanes) is 2. The molecule has 0 saturated heterocycles. The Morgan fingerprint density at radius 3 is 2.79 bits per heavy atom. The fraction of sp³-hybridized carbons (Fsp3) is 0.450. The van der Waals surface area contributed by atoms with Crippen LogP contribution in [0.2, 0.25) is 0 Å². The Morgan fingerprint density at radius 2 is 2.07 bits per heavy atom. The van der Waals surface area contributed by atoms with E-state index in [0.29, 0.717) is 35.3 Å². The zero-order valence-electron chi connectivity index (χ0n) is 16.7. The number of ether oxygens (including phenoxy) is 3. The van der Waals surface area contributed by atoms with Gasteiger partial charge < -0.3 is 19.5 Å². The molecule has 2 heterocycles. The predicted octanol–water partition coefficient (Wildman–Crippen LogP) is 3.32. The first kappa shape index (κ1) is 19.7. The molecule has 1 N–H and O–H groups in total. The van der Waals surface area contributed by atoms with Crippen LogP contribution in [-0.2, 0) is 9.53 Å². The van der Waals surface area contributed by atoms with Crippen molar-refractivity contribution in [2.24, 2.45) is 0 Å². The van der Waals surface area contributed by atoms with E-state index in [1.807, 2.05) is 25.1 Å². The lowest BCUT2D eigenvalue weighted by Gasteiger charge is -2.29. The molecule has 0 amide bonds. The topological polar surface area (TPSA) is 87.5 Å². The van der Waals surface area contributed by atoms with Crippen molar-refractivity contribution in [3.05, 3.63) is 41.4 Å². The number of rotatable bonds is 8. The van der Waals surface area contributed by atoms with E-state index >= 15 is 0 Å². The smallest absolute Gasteiger partial charge is 0.338 e. The van der Waals surface area contributed by atoms with Crippen molar-refractivity contribution in [2.45, 2.75) is 39.2 Å². The van der Waals surface area contributed by atoms with Gasteiger partial charge in [0.2, 0.25) is 5.95 Å². The SMILES string of the molecule is CCCCCOC(=O)C1=C(C)Nc2ncnn2C1c1cc(OC)ccc1OC. The molecule has 2 aromatic rings. The molecule has 1 aromatic carbocycles. The first-order valence-electron chi connectivity index (χ1n) is 9.37. The summed E-state index contributed by atoms with van der Waals surface area (Å²) in [5.74, 6) is 1.45. The minimum atomic E-state index is -0.539. The second kappa shape index (κ2) is 8.77. The predicted molar refractivity (Wildman–Crippen MR) is 105 cm³/mol. The number of carbonyl (C=O) groups excluding carboxylic acids is 1. The Hall–Kier alpha value is -3.03. The molecule has 1 unspecified atom stereocenters. The van der Waals surface area contributed by atoms with Crippen LogP contribution >= 0.6 is 0 Å². The molecule has 3 rings (SSSR count). The van der Waals surface area contributed by atoms with E-state index < -0.39 is 6.04 Å². The summed E-state index contributed by atoms with van der Waals surface area (Å²) in [7, 11) is 3.19. The molecule has 0 radical (unpaired) electrons. The van der Waals surface area contributed by atoms with Crippen LogP contribution < -0.4 is 14.8 Å². The van der Waals surface area contributed by atoms with Gasteiger partial charge in [0.25, 0.3) is 0 Å². The van der Waals surface area contributed by atoms with Crippen molar-refractivity contribution in [1.82, 2.24) is 14.8 Å². The number of fused-ring (bicyclic) bond motifs is 1. The molecule has 8 nitrogen and oxygen atoms in total. The highest BCUT2D eigenvalue weighted by Crippen LogP contribution is 2.40. The number of hydrogen-bond donors (Lipinski definition) is 1. The molecule has 1 aliphatic rings. The van der Waals surface area contributed by atoms with Crippen LogP contribution in [0.5, 0.6) is 11.5 Å². The summed E-state index contributed by atoms with van der Waals surface area (Å²) in [5.41, 5.74) is 1.90. The summed E-state index contributed by atoms with van der Waals surface area (Å²) in [4.78, 5) is 17.2. The van der Waals surface area contributed by atoms with Crippen molar-refractivity contribution < 1.29 is 19.0 Å². The molecular weight excluding hydrogens is 360 g/mol. The highest BCUT2D eigenvalue weighted by molar-refractivity contribution is 5.92. The lowest BCUT2D eigenvalue weighted by Crippen LogP contribution is -2.30. The summed E-state index contributed by atoms with van der Waals surface area (Å²) in [5, 5.41) is 7.46. The van der Waals surface area contributed by atoms with Crippen LogP contribution in [0.1, 0.15) is 44.7 Å². The summed E-state index contributed by atoms with van der Waals surface area (Å²) >= 11 is 0. The number of aromatic nitrogens is 3. The maximum Gasteiger partial charge on any atom is 0.338 e. The van der Waals surface area contributed by atoms with Crippen molar-refractivity contribution in [2.75, 3.05) is 26.1 Å². The van der Waals surface area contributed by atoms with Crippen molar-refractivity contribution in [1.29, 1.82) is 0 Å². The molecule has 0 bridgehead atoms. The summed E-state index contributed by atoms with van der Waals surface area (Å²) in [6.45, 7) is 4.33. The summed E-state index contributed by atoms with van der Waals surface area (Å²) in [6, 6.07) is 4.93. The first-order valence-corrected chi connectivity index (χ1v) is 9.37. The third-order valence-corrected chi connectivity index (χ3v) is 4.73. The van der Waals surface area contributed by atoms with Gasteiger partial charge in [-0.15, -0.1) is 0 Å². The number of hydrogen-bond acceptors (Lipinski definition) is 7. The standard InChI is InChI=1S/C20H26N4O4/c1-5-6-7-10-28-19(25)17-13(2)23-20-21-12-22-24(20)18(17)15-11-14(26-3)8-9-16(15)27-4/h8-9,11-12,18H,5-7,10H2,1-4H3,(H,21,22,23). The molecular formula is C20H26N4O4. The van der Waals surface area contributed by atoms with Crippen LogP contribution in [0.4, 0.5) is 5.95 Å². The van der Waals surface area contributed by atoms with Gasteiger partial charge in [0.05, 0.1) is 26.4 Å². The van der Waals surface area contributed by atoms with Gasteiger partial charge in [-0.25, -0.2) is 9.48 Å². The number of allylic oxidation sites excluding steroid dienone is 1. The van der Waals surface area contributed by atoms with Crippen LogP contribution in [-0.4, -0.2) is 41.6 Å². The van der Waals surface area contributed by atoms with Crippen molar-refractivity contribution in [3.8, 4) is 11.5 Å². The van der Waals surface area contributed by atoms with E-state index in [1.165, 1.54) is 6.33 Å². The van der Waals surface area contributed by atoms with Gasteiger partial charge >= 0.3 is 5.97 Å². The van der Waals surface area contributed by atoms with E-state index in [1.54, 1.807) is 18.9 Å². The van der Waals surface area contributed by atoms with Gasteiger partial charge in [0.15, 0.2) is 0 Å². The number of benzene rings is 1. The average molecular weight is 386 g/mol. The van der Waals surface area contributed by atoms with Gasteiger partial charge in [0.1, 0.15) is 23.9 Å². The van der Waals surface area contributed by atoms with E-state index in [4.69, 9.17) is 14.2 Å². The summed E-state index contributed by atoms with van der Waals surface area (Å²) in [6.07, 6.45) is 4.37. The fourth-order valence-electron chi connectivity index (χ4n) is 3.29. The maximum atomic E-state index is 13.0. The monoisotopic (exact) mass is 386 g/mol. The number of nitrogens with one attached hydrogen (secondary N) is 1. The Kier molecular flexibility index (Phi) is 6.18. The zero-order valence-corrected chi connectivity index (χ0v) is 16.7. The Bertz CT molecular complexity index is 875. The molecule has 150 valence electrons. The van der Waals surface area contributed by atoms with Gasteiger partial charge in [-0.1, -0.05) is 19.8 Å². The quantitative estimate of drug-likeness (QED) is 0.550. The number of esters is 1. The van der Waals surface area contributed by atoms with Gasteiger partial charge in [-0.3, -0.25) is 0 Å². The molecule has 28 heavy (non-hydrogen) atoms. The Labute approximate surface area is 164 Å². The van der Waals surface area contributed by atoms with E-state index in [-0.39, 0.29) is 5.97 Å². The Morgan fingerprint density at radius 1 is 1.25 bits per heavy atom. The molecule has 1 aliphatic heterocycles. The number of nitrogens with zero attached hydrogens (tertiary/aromatic N) is 3. The highest BCUT2D eigenvalue weighted by Gasteiger charge is 2.36. The number of carbonyl (C=O) groups is 1. The minimum absolute atomic E-state index is 0.378. The lowest BCUT2D eigenvalue weighted by molar-refractivity contribution is -0.139. The zero-order chi connectivity index (χ0) is 20.1. The van der Waals surface area contributed by atoms with E-state index in [9.17, 15) is 4.79 Å². The number of methoxy groups -OCH3 is 2. The van der Waals surface area contributed by atoms with Crippen molar-refractivity contribution in [3.63, 3.8) is 0 Å². The van der Waals surface area contributed by atoms with Crippen LogP contribution in [0, 0.1) is 0 Å². The first-order chi connectivity index (χ1) is 13.6. The minimum Gasteiger partial charge on any atom is -0.497 e. The van der Waals surface area contributed by atoms with Gasteiger partial charge in [-0.2, -0.15) is 10.1 Å². The second-order valence-electron chi connectivity index (χ2n) is 6.55. The number of anilines is 1. The van der Waals surface area contributed by atoms with Crippen LogP contribution in [0.15, 0.2) is 35.8 Å². The van der Waals surface area contributed by atoms with E-state index in [2.05, 4.69) is 22.3 Å². The normalized spacial score (nSPS) is 15.6. The lowest BCUT2D eigenvalue weighted by atomic mass is 9.94. The molecule has 0 aliphatic carbocycles. The van der Waals surface area contributed by atoms with E-state index in [0.717, 1.165) is 24.8 Å². The second-order valence-corrected chi connectivity index (χ2v) is 6.55. The van der Waals surface area contributed by atoms with Gasteiger partial charge in [0, 0.05) is 11.3 Å². The molecule has 1 aromatic heterocycles. The average Bonchev–Trinajstić information content (AvgIpc) is 3.17. The molecule has 8 heteroatoms. The summed E-state index contributed by atoms with van der Waals surface area (Å²) < 4.78 is 18.2. The third kappa shape index (κ3) is 3.81. The van der Waals surface area contributed by atoms with Gasteiger partial charge in [-0.05, 0) is 31.5 Å². The highest BCUT2D eigenvalue weighted by atomic mass is 16.5.